The van der Waals surface area contributed by atoms with Gasteiger partial charge in [0.05, 0.1) is 12.4 Å². The normalized spacial score (nSPS) is 12.1. The first kappa shape index (κ1) is 56.4. The highest BCUT2D eigenvalue weighted by molar-refractivity contribution is 5.86. The van der Waals surface area contributed by atoms with Crippen LogP contribution >= 0.6 is 0 Å². The van der Waals surface area contributed by atoms with Gasteiger partial charge in [-0.3, -0.25) is 9.59 Å². The van der Waals surface area contributed by atoms with Gasteiger partial charge in [-0.05, 0) is 110 Å². The van der Waals surface area contributed by atoms with Crippen LogP contribution in [0.3, 0.4) is 0 Å². The predicted molar refractivity (Wildman–Crippen MR) is 252 cm³/mol. The summed E-state index contributed by atoms with van der Waals surface area (Å²) in [6.45, 7) is 17.9. The van der Waals surface area contributed by atoms with E-state index in [9.17, 15) is 9.59 Å². The second-order valence-electron chi connectivity index (χ2n) is 15.9. The quantitative estimate of drug-likeness (QED) is 0.0524. The third kappa shape index (κ3) is 45.8. The lowest BCUT2D eigenvalue weighted by molar-refractivity contribution is -0.125. The lowest BCUT2D eigenvalue weighted by Gasteiger charge is -2.21. The second kappa shape index (κ2) is 47.6. The van der Waals surface area contributed by atoms with Gasteiger partial charge >= 0.3 is 0 Å². The molecule has 0 radical (unpaired) electrons. The van der Waals surface area contributed by atoms with Gasteiger partial charge < -0.3 is 15.2 Å². The molecule has 6 nitrogen and oxygen atoms in total. The third-order valence-corrected chi connectivity index (χ3v) is 9.74. The summed E-state index contributed by atoms with van der Waals surface area (Å²) in [6.07, 6.45) is 57.3. The highest BCUT2D eigenvalue weighted by Crippen LogP contribution is 2.12. The van der Waals surface area contributed by atoms with E-state index in [0.717, 1.165) is 18.5 Å². The first-order valence-electron chi connectivity index (χ1n) is 23.9. The van der Waals surface area contributed by atoms with E-state index >= 15 is 0 Å². The summed E-state index contributed by atoms with van der Waals surface area (Å²) in [4.78, 5) is 31.4. The maximum absolute atomic E-state index is 11.2. The molecule has 330 valence electrons. The smallest absolute Gasteiger partial charge is 0.217 e. The molecule has 1 aromatic heterocycles. The van der Waals surface area contributed by atoms with Gasteiger partial charge in [-0.15, -0.1) is 0 Å². The van der Waals surface area contributed by atoms with Crippen molar-refractivity contribution >= 4 is 11.7 Å². The van der Waals surface area contributed by atoms with Crippen molar-refractivity contribution in [2.75, 3.05) is 19.6 Å². The van der Waals surface area contributed by atoms with Crippen molar-refractivity contribution < 1.29 is 9.59 Å². The Balaban J connectivity index is 0. The predicted octanol–water partition coefficient (Wildman–Crippen LogP) is 14.8. The minimum absolute atomic E-state index is 0.0604. The molecule has 0 aromatic carbocycles. The number of unbranched alkanes of at least 4 members (excludes halogenated alkanes) is 18. The van der Waals surface area contributed by atoms with Gasteiger partial charge in [0.25, 0.3) is 0 Å². The Hall–Kier alpha value is -2.73. The zero-order chi connectivity index (χ0) is 42.3. The molecule has 57 heavy (non-hydrogen) atoms. The standard InChI is InChI=1S/C39H73N.C9H13N3O2.C3H8/c1-4-7-9-11-13-15-17-19-21-22-24-26-28-30-32-34-36-39-40(37-6-3)38-35-33-31-29-27-25-23-20-18-16-14-12-10-8-5-2;1-6(13)9(12-7(2)14)3-8-4-10-5-11-8;1-3-2/h13-16,19-21,23H,4-12,17-18,22,24-39H2,1-3H3;4-5,9H,3H2,1-2H3,(H,10,11)(H,12,14);3H2,1-2H3/b15-13-,16-14-,21-19-,23-20-;;. The van der Waals surface area contributed by atoms with Crippen LogP contribution in [0.4, 0.5) is 0 Å². The fourth-order valence-electron chi connectivity index (χ4n) is 6.46. The van der Waals surface area contributed by atoms with Gasteiger partial charge in [0.15, 0.2) is 5.78 Å². The summed E-state index contributed by atoms with van der Waals surface area (Å²) in [5.74, 6) is -0.264. The van der Waals surface area contributed by atoms with Gasteiger partial charge in [0, 0.05) is 25.2 Å². The summed E-state index contributed by atoms with van der Waals surface area (Å²) in [6, 6.07) is -0.465. The zero-order valence-electron chi connectivity index (χ0n) is 38.8. The topological polar surface area (TPSA) is 78.1 Å². The summed E-state index contributed by atoms with van der Waals surface area (Å²) in [5.41, 5.74) is 0.832. The third-order valence-electron chi connectivity index (χ3n) is 9.74. The summed E-state index contributed by atoms with van der Waals surface area (Å²) in [7, 11) is 0. The molecular weight excluding hydrogens is 701 g/mol. The van der Waals surface area contributed by atoms with Gasteiger partial charge in [-0.2, -0.15) is 0 Å². The molecule has 0 saturated heterocycles. The number of imidazole rings is 1. The number of hydrogen-bond donors (Lipinski definition) is 2. The number of carbonyl (C=O) groups excluding carboxylic acids is 2. The Bertz CT molecular complexity index is 1070. The van der Waals surface area contributed by atoms with Crippen LogP contribution in [0.15, 0.2) is 61.1 Å². The molecule has 0 bridgehead atoms. The molecule has 1 unspecified atom stereocenters. The number of H-pyrrole nitrogens is 1. The van der Waals surface area contributed by atoms with E-state index in [4.69, 9.17) is 0 Å². The molecule has 0 aliphatic rings. The van der Waals surface area contributed by atoms with Crippen LogP contribution < -0.4 is 5.32 Å². The number of aromatic amines is 1. The number of aromatic nitrogens is 2. The maximum Gasteiger partial charge on any atom is 0.217 e. The molecular formula is C51H94N4O2. The number of Topliss-reactive ketones (excluding diaryl/α,β-unsaturated/α-hetero) is 1. The highest BCUT2D eigenvalue weighted by Gasteiger charge is 2.16. The largest absolute Gasteiger partial charge is 0.348 e. The number of carbonyl (C=O) groups is 2. The van der Waals surface area contributed by atoms with Crippen molar-refractivity contribution in [3.05, 3.63) is 66.8 Å². The Morgan fingerprint density at radius 2 is 0.982 bits per heavy atom. The van der Waals surface area contributed by atoms with E-state index in [1.807, 2.05) is 0 Å². The molecule has 2 N–H and O–H groups in total. The number of hydrogen-bond acceptors (Lipinski definition) is 4. The van der Waals surface area contributed by atoms with Crippen molar-refractivity contribution in [2.45, 2.75) is 228 Å². The summed E-state index contributed by atoms with van der Waals surface area (Å²) >= 11 is 0. The van der Waals surface area contributed by atoms with Crippen LogP contribution in [0.1, 0.15) is 221 Å². The molecule has 0 spiro atoms. The van der Waals surface area contributed by atoms with E-state index in [2.05, 4.69) is 103 Å². The lowest BCUT2D eigenvalue weighted by Crippen LogP contribution is -2.40. The molecule has 1 heterocycles. The van der Waals surface area contributed by atoms with Crippen LogP contribution in [-0.4, -0.2) is 52.2 Å². The van der Waals surface area contributed by atoms with E-state index in [1.165, 1.54) is 188 Å². The molecule has 1 rings (SSSR count). The molecule has 0 aliphatic carbocycles. The van der Waals surface area contributed by atoms with Gasteiger partial charge in [-0.1, -0.05) is 167 Å². The Labute approximate surface area is 354 Å². The number of nitrogens with zero attached hydrogens (tertiary/aromatic N) is 2. The van der Waals surface area contributed by atoms with Crippen molar-refractivity contribution in [1.29, 1.82) is 0 Å². The number of amides is 1. The first-order valence-corrected chi connectivity index (χ1v) is 23.9. The van der Waals surface area contributed by atoms with Crippen molar-refractivity contribution in [2.24, 2.45) is 0 Å². The van der Waals surface area contributed by atoms with Gasteiger partial charge in [-0.25, -0.2) is 4.98 Å². The molecule has 1 aromatic rings. The van der Waals surface area contributed by atoms with E-state index < -0.39 is 6.04 Å². The number of ketones is 1. The lowest BCUT2D eigenvalue weighted by atomic mass is 10.1. The maximum atomic E-state index is 11.2. The minimum atomic E-state index is -0.465. The zero-order valence-corrected chi connectivity index (χ0v) is 38.8. The molecule has 0 saturated carbocycles. The van der Waals surface area contributed by atoms with Crippen LogP contribution in [0.2, 0.25) is 0 Å². The molecule has 1 atom stereocenters. The number of allylic oxidation sites excluding steroid dienone is 8. The Morgan fingerprint density at radius 1 is 0.579 bits per heavy atom. The Morgan fingerprint density at radius 3 is 1.33 bits per heavy atom. The fraction of sp³-hybridized carbons (Fsp3) is 0.745. The highest BCUT2D eigenvalue weighted by atomic mass is 16.2. The van der Waals surface area contributed by atoms with E-state index in [-0.39, 0.29) is 11.7 Å². The van der Waals surface area contributed by atoms with Gasteiger partial charge in [0.2, 0.25) is 5.91 Å². The van der Waals surface area contributed by atoms with Crippen LogP contribution in [0.25, 0.3) is 0 Å². The molecule has 0 aliphatic heterocycles. The van der Waals surface area contributed by atoms with Crippen molar-refractivity contribution in [3.8, 4) is 0 Å². The SMILES string of the molecule is CC(=O)NC(Cc1cnc[nH]1)C(C)=O.CCC.CCCCC/C=C\C/C=C\CCCCCCCCCN(CCC)CCCCCCC/C=C\C/C=C\CCCCC. The summed E-state index contributed by atoms with van der Waals surface area (Å²) in [5, 5.41) is 2.58. The molecule has 6 heteroatoms. The number of nitrogens with one attached hydrogen (secondary N) is 2. The van der Waals surface area contributed by atoms with E-state index in [1.54, 1.807) is 12.5 Å². The molecule has 1 amide bonds. The monoisotopic (exact) mass is 795 g/mol. The molecule has 0 fully saturated rings. The van der Waals surface area contributed by atoms with Crippen LogP contribution in [0.5, 0.6) is 0 Å². The first-order chi connectivity index (χ1) is 27.9. The second-order valence-corrected chi connectivity index (χ2v) is 15.9. The van der Waals surface area contributed by atoms with Gasteiger partial charge in [0.1, 0.15) is 0 Å². The Kier molecular flexibility index (Phi) is 47.1. The van der Waals surface area contributed by atoms with E-state index in [0.29, 0.717) is 6.42 Å². The average molecular weight is 795 g/mol. The average Bonchev–Trinajstić information content (AvgIpc) is 3.71. The van der Waals surface area contributed by atoms with Crippen molar-refractivity contribution in [1.82, 2.24) is 20.2 Å². The fourth-order valence-corrected chi connectivity index (χ4v) is 6.46. The summed E-state index contributed by atoms with van der Waals surface area (Å²) < 4.78 is 0. The minimum Gasteiger partial charge on any atom is -0.348 e. The number of rotatable bonds is 36. The van der Waals surface area contributed by atoms with Crippen molar-refractivity contribution in [3.63, 3.8) is 0 Å². The van der Waals surface area contributed by atoms with Crippen LogP contribution in [0, 0.1) is 0 Å². The van der Waals surface area contributed by atoms with Crippen LogP contribution in [-0.2, 0) is 16.0 Å².